The highest BCUT2D eigenvalue weighted by Crippen LogP contribution is 2.40. The van der Waals surface area contributed by atoms with Gasteiger partial charge in [0.1, 0.15) is 18.1 Å². The Morgan fingerprint density at radius 1 is 1.27 bits per heavy atom. The third kappa shape index (κ3) is 5.43. The molecule has 1 fully saturated rings. The summed E-state index contributed by atoms with van der Waals surface area (Å²) >= 11 is 0. The van der Waals surface area contributed by atoms with Gasteiger partial charge in [-0.3, -0.25) is 14.5 Å². The van der Waals surface area contributed by atoms with Gasteiger partial charge in [0.2, 0.25) is 5.91 Å². The Balaban J connectivity index is 1.39. The number of carbonyl (C=O) groups excluding carboxylic acids is 1. The average molecular weight is 464 g/mol. The lowest BCUT2D eigenvalue weighted by Gasteiger charge is -2.22. The van der Waals surface area contributed by atoms with Crippen LogP contribution in [0.4, 0.5) is 23.4 Å². The molecule has 33 heavy (non-hydrogen) atoms. The van der Waals surface area contributed by atoms with Gasteiger partial charge in [0.25, 0.3) is 0 Å². The number of nitrogens with zero attached hydrogens (tertiary/aromatic N) is 3. The fourth-order valence-corrected chi connectivity index (χ4v) is 4.52. The molecule has 1 saturated carbocycles. The number of rotatable bonds is 6. The van der Waals surface area contributed by atoms with E-state index in [1.54, 1.807) is 25.3 Å². The molecule has 0 spiro atoms. The summed E-state index contributed by atoms with van der Waals surface area (Å²) in [6, 6.07) is 7.38. The van der Waals surface area contributed by atoms with Crippen molar-refractivity contribution in [1.82, 2.24) is 14.8 Å². The van der Waals surface area contributed by atoms with Crippen LogP contribution in [0.2, 0.25) is 0 Å². The number of aromatic nitrogens is 3. The third-order valence-electron chi connectivity index (χ3n) is 6.15. The number of carbonyl (C=O) groups is 1. The summed E-state index contributed by atoms with van der Waals surface area (Å²) in [7, 11) is 0. The molecule has 1 amide bonds. The molecule has 1 N–H and O–H groups in total. The summed E-state index contributed by atoms with van der Waals surface area (Å²) in [5.41, 5.74) is 0.634. The Bertz CT molecular complexity index is 1150. The van der Waals surface area contributed by atoms with Crippen LogP contribution in [0.3, 0.4) is 0 Å². The maximum absolute atomic E-state index is 13.7. The lowest BCUT2D eigenvalue weighted by atomic mass is 9.85. The van der Waals surface area contributed by atoms with Gasteiger partial charge in [-0.1, -0.05) is 13.8 Å². The smallest absolute Gasteiger partial charge is 0.408 e. The standard InChI is InChI=1S/C23H24F4N4O2/c1-13-9-16(33-20-5-7-28-19-4-3-15(24)10-18(19)20)11-17(13)14(2)22(32)29-21-6-8-31(30-21)12-23(25,26)27/h3-8,10,13-14,16-17H,9,11-12H2,1-2H3,(H,29,30,32). The number of ether oxygens (including phenoxy) is 1. The van der Waals surface area contributed by atoms with Gasteiger partial charge < -0.3 is 10.1 Å². The van der Waals surface area contributed by atoms with Crippen LogP contribution in [-0.2, 0) is 11.3 Å². The molecule has 6 nitrogen and oxygen atoms in total. The molecular weight excluding hydrogens is 440 g/mol. The quantitative estimate of drug-likeness (QED) is 0.509. The van der Waals surface area contributed by atoms with Crippen molar-refractivity contribution in [1.29, 1.82) is 0 Å². The van der Waals surface area contributed by atoms with Gasteiger partial charge in [-0.15, -0.1) is 0 Å². The first-order valence-corrected chi connectivity index (χ1v) is 10.7. The topological polar surface area (TPSA) is 69.0 Å². The first kappa shape index (κ1) is 23.0. The van der Waals surface area contributed by atoms with Gasteiger partial charge in [0, 0.05) is 29.8 Å². The fraction of sp³-hybridized carbons (Fsp3) is 0.435. The molecule has 1 aliphatic rings. The zero-order chi connectivity index (χ0) is 23.8. The molecule has 176 valence electrons. The van der Waals surface area contributed by atoms with Gasteiger partial charge in [0.05, 0.1) is 11.6 Å². The molecule has 0 radical (unpaired) electrons. The molecule has 10 heteroatoms. The number of halogens is 4. The molecule has 2 heterocycles. The number of pyridine rings is 1. The molecule has 2 aromatic heterocycles. The highest BCUT2D eigenvalue weighted by atomic mass is 19.4. The summed E-state index contributed by atoms with van der Waals surface area (Å²) < 4.78 is 58.2. The number of amides is 1. The minimum Gasteiger partial charge on any atom is -0.490 e. The molecule has 4 atom stereocenters. The number of fused-ring (bicyclic) bond motifs is 1. The van der Waals surface area contributed by atoms with Gasteiger partial charge in [-0.25, -0.2) is 4.39 Å². The minimum absolute atomic E-state index is 0.0112. The number of nitrogens with one attached hydrogen (secondary N) is 1. The molecule has 3 aromatic rings. The van der Waals surface area contributed by atoms with E-state index in [0.29, 0.717) is 23.1 Å². The van der Waals surface area contributed by atoms with Crippen LogP contribution in [0.15, 0.2) is 42.7 Å². The first-order valence-electron chi connectivity index (χ1n) is 10.7. The van der Waals surface area contributed by atoms with E-state index in [2.05, 4.69) is 15.4 Å². The number of anilines is 1. The summed E-state index contributed by atoms with van der Waals surface area (Å²) in [5, 5.41) is 6.98. The van der Waals surface area contributed by atoms with Gasteiger partial charge in [-0.2, -0.15) is 18.3 Å². The van der Waals surface area contributed by atoms with Crippen LogP contribution in [0.25, 0.3) is 10.9 Å². The molecule has 4 rings (SSSR count). The van der Waals surface area contributed by atoms with E-state index in [9.17, 15) is 22.4 Å². The Morgan fingerprint density at radius 3 is 2.82 bits per heavy atom. The first-order chi connectivity index (χ1) is 15.6. The predicted octanol–water partition coefficient (Wildman–Crippen LogP) is 5.20. The van der Waals surface area contributed by atoms with Gasteiger partial charge in [0.15, 0.2) is 5.82 Å². The van der Waals surface area contributed by atoms with Crippen molar-refractivity contribution in [3.63, 3.8) is 0 Å². The molecule has 0 aliphatic heterocycles. The maximum atomic E-state index is 13.7. The summed E-state index contributed by atoms with van der Waals surface area (Å²) in [6.07, 6.45) is -0.406. The SMILES string of the molecule is CC1CC(Oc2ccnc3ccc(F)cc23)CC1C(C)C(=O)Nc1ccn(CC(F)(F)F)n1. The molecule has 4 unspecified atom stereocenters. The summed E-state index contributed by atoms with van der Waals surface area (Å²) in [5.74, 6) is -0.250. The highest BCUT2D eigenvalue weighted by molar-refractivity contribution is 5.91. The maximum Gasteiger partial charge on any atom is 0.408 e. The van der Waals surface area contributed by atoms with Crippen molar-refractivity contribution in [3.05, 3.63) is 48.5 Å². The monoisotopic (exact) mass is 464 g/mol. The van der Waals surface area contributed by atoms with Gasteiger partial charge >= 0.3 is 6.18 Å². The zero-order valence-corrected chi connectivity index (χ0v) is 18.1. The van der Waals surface area contributed by atoms with Crippen molar-refractivity contribution < 1.29 is 27.1 Å². The number of alkyl halides is 3. The zero-order valence-electron chi connectivity index (χ0n) is 18.1. The van der Waals surface area contributed by atoms with E-state index >= 15 is 0 Å². The minimum atomic E-state index is -4.39. The molecule has 1 aromatic carbocycles. The van der Waals surface area contributed by atoms with Crippen molar-refractivity contribution in [2.24, 2.45) is 17.8 Å². The number of hydrogen-bond acceptors (Lipinski definition) is 4. The average Bonchev–Trinajstić information content (AvgIpc) is 3.32. The lowest BCUT2D eigenvalue weighted by molar-refractivity contribution is -0.142. The van der Waals surface area contributed by atoms with Crippen LogP contribution in [0.1, 0.15) is 26.7 Å². The van der Waals surface area contributed by atoms with Crippen molar-refractivity contribution in [2.45, 2.75) is 45.5 Å². The molecule has 0 bridgehead atoms. The van der Waals surface area contributed by atoms with Crippen LogP contribution < -0.4 is 10.1 Å². The van der Waals surface area contributed by atoms with E-state index in [0.717, 1.165) is 11.1 Å². The molecule has 1 aliphatic carbocycles. The van der Waals surface area contributed by atoms with E-state index in [1.165, 1.54) is 24.4 Å². The lowest BCUT2D eigenvalue weighted by Crippen LogP contribution is -2.29. The van der Waals surface area contributed by atoms with Crippen molar-refractivity contribution in [3.8, 4) is 5.75 Å². The van der Waals surface area contributed by atoms with E-state index in [-0.39, 0.29) is 35.5 Å². The molecular formula is C23H24F4N4O2. The van der Waals surface area contributed by atoms with E-state index < -0.39 is 18.6 Å². The summed E-state index contributed by atoms with van der Waals surface area (Å²) in [4.78, 5) is 17.0. The normalized spacial score (nSPS) is 21.8. The van der Waals surface area contributed by atoms with Crippen LogP contribution in [0.5, 0.6) is 5.75 Å². The highest BCUT2D eigenvalue weighted by Gasteiger charge is 2.39. The Kier molecular flexibility index (Phi) is 6.27. The Labute approximate surface area is 187 Å². The second-order valence-electron chi connectivity index (χ2n) is 8.61. The Hall–Kier alpha value is -3.17. The van der Waals surface area contributed by atoms with Crippen LogP contribution >= 0.6 is 0 Å². The van der Waals surface area contributed by atoms with E-state index in [1.807, 2.05) is 6.92 Å². The molecule has 0 saturated heterocycles. The largest absolute Gasteiger partial charge is 0.490 e. The Morgan fingerprint density at radius 2 is 2.06 bits per heavy atom. The second-order valence-corrected chi connectivity index (χ2v) is 8.61. The van der Waals surface area contributed by atoms with Crippen molar-refractivity contribution in [2.75, 3.05) is 5.32 Å². The fourth-order valence-electron chi connectivity index (χ4n) is 4.52. The summed E-state index contributed by atoms with van der Waals surface area (Å²) in [6.45, 7) is 2.62. The van der Waals surface area contributed by atoms with Crippen LogP contribution in [0, 0.1) is 23.6 Å². The van der Waals surface area contributed by atoms with Gasteiger partial charge in [-0.05, 0) is 48.9 Å². The second kappa shape index (κ2) is 8.99. The third-order valence-corrected chi connectivity index (χ3v) is 6.15. The van der Waals surface area contributed by atoms with Crippen molar-refractivity contribution >= 4 is 22.6 Å². The van der Waals surface area contributed by atoms with Crippen LogP contribution in [-0.4, -0.2) is 33.0 Å². The predicted molar refractivity (Wildman–Crippen MR) is 114 cm³/mol. The number of hydrogen-bond donors (Lipinski definition) is 1. The number of benzene rings is 1. The van der Waals surface area contributed by atoms with E-state index in [4.69, 9.17) is 4.74 Å².